The number of rotatable bonds is 4. The number of fused-ring (bicyclic) bond motifs is 1. The molecule has 1 aliphatic rings. The van der Waals surface area contributed by atoms with E-state index >= 15 is 0 Å². The van der Waals surface area contributed by atoms with E-state index in [2.05, 4.69) is 23.5 Å². The van der Waals surface area contributed by atoms with E-state index in [0.29, 0.717) is 18.9 Å². The topological polar surface area (TPSA) is 52.7 Å². The Hall–Kier alpha value is -2.56. The fraction of sp³-hybridized carbons (Fsp3) is 0.429. The largest absolute Gasteiger partial charge is 0.356 e. The van der Waals surface area contributed by atoms with Gasteiger partial charge in [-0.25, -0.2) is 4.79 Å². The second-order valence-corrected chi connectivity index (χ2v) is 7.23. The molecule has 0 bridgehead atoms. The van der Waals surface area contributed by atoms with Gasteiger partial charge in [0.25, 0.3) is 0 Å². The van der Waals surface area contributed by atoms with E-state index in [1.807, 2.05) is 29.2 Å². The maximum atomic E-state index is 12.4. The van der Waals surface area contributed by atoms with Gasteiger partial charge in [-0.1, -0.05) is 42.5 Å². The summed E-state index contributed by atoms with van der Waals surface area (Å²) in [4.78, 5) is 27.8. The lowest BCUT2D eigenvalue weighted by molar-refractivity contribution is -0.120. The number of hydrogen-bond donors (Lipinski definition) is 1. The smallest absolute Gasteiger partial charge is 0.319 e. The summed E-state index contributed by atoms with van der Waals surface area (Å²) in [6.07, 6.45) is 2.28. The summed E-state index contributed by atoms with van der Waals surface area (Å²) in [5, 5.41) is 5.38. The molecule has 3 amide bonds. The molecule has 1 aliphatic heterocycles. The highest BCUT2D eigenvalue weighted by Gasteiger charge is 2.23. The Balaban J connectivity index is 1.48. The molecule has 0 unspecified atom stereocenters. The predicted octanol–water partition coefficient (Wildman–Crippen LogP) is 2.89. The van der Waals surface area contributed by atoms with E-state index in [9.17, 15) is 9.59 Å². The highest BCUT2D eigenvalue weighted by molar-refractivity contribution is 5.90. The van der Waals surface area contributed by atoms with E-state index in [4.69, 9.17) is 0 Å². The Morgan fingerprint density at radius 2 is 1.77 bits per heavy atom. The molecule has 0 spiro atoms. The third kappa shape index (κ3) is 4.34. The van der Waals surface area contributed by atoms with Crippen molar-refractivity contribution in [3.8, 4) is 0 Å². The van der Waals surface area contributed by atoms with Crippen LogP contribution in [0.25, 0.3) is 10.8 Å². The average Bonchev–Trinajstić information content (AvgIpc) is 2.66. The second kappa shape index (κ2) is 8.21. The molecule has 5 nitrogen and oxygen atoms in total. The van der Waals surface area contributed by atoms with Crippen LogP contribution >= 0.6 is 0 Å². The highest BCUT2D eigenvalue weighted by Crippen LogP contribution is 2.20. The molecule has 5 heteroatoms. The number of nitrogens with one attached hydrogen (secondary N) is 1. The third-order valence-corrected chi connectivity index (χ3v) is 5.09. The first kappa shape index (κ1) is 18.2. The Bertz CT molecular complexity index is 774. The predicted molar refractivity (Wildman–Crippen MR) is 104 cm³/mol. The van der Waals surface area contributed by atoms with Crippen molar-refractivity contribution in [2.45, 2.75) is 19.3 Å². The molecular weight excluding hydrogens is 326 g/mol. The van der Waals surface area contributed by atoms with Gasteiger partial charge in [0.2, 0.25) is 5.91 Å². The standard InChI is InChI=1S/C21H27N3O2/c1-23(2)21(26)24-12-10-16(11-13-24)15-22-20(25)14-18-8-5-7-17-6-3-4-9-19(17)18/h3-9,16H,10-15H2,1-2H3,(H,22,25). The van der Waals surface area contributed by atoms with Crippen molar-refractivity contribution >= 4 is 22.7 Å². The van der Waals surface area contributed by atoms with Crippen LogP contribution in [0.15, 0.2) is 42.5 Å². The van der Waals surface area contributed by atoms with Gasteiger partial charge in [0.05, 0.1) is 6.42 Å². The van der Waals surface area contributed by atoms with Crippen molar-refractivity contribution in [2.24, 2.45) is 5.92 Å². The van der Waals surface area contributed by atoms with E-state index in [0.717, 1.165) is 42.3 Å². The molecule has 26 heavy (non-hydrogen) atoms. The molecule has 0 saturated carbocycles. The second-order valence-electron chi connectivity index (χ2n) is 7.23. The molecular formula is C21H27N3O2. The Kier molecular flexibility index (Phi) is 5.76. The van der Waals surface area contributed by atoms with Crippen LogP contribution in [0.5, 0.6) is 0 Å². The van der Waals surface area contributed by atoms with Gasteiger partial charge in [0, 0.05) is 33.7 Å². The summed E-state index contributed by atoms with van der Waals surface area (Å²) in [6.45, 7) is 2.22. The lowest BCUT2D eigenvalue weighted by Gasteiger charge is -2.33. The average molecular weight is 353 g/mol. The number of likely N-dealkylation sites (tertiary alicyclic amines) is 1. The van der Waals surface area contributed by atoms with Gasteiger partial charge in [0.15, 0.2) is 0 Å². The zero-order valence-corrected chi connectivity index (χ0v) is 15.6. The van der Waals surface area contributed by atoms with Crippen molar-refractivity contribution in [3.05, 3.63) is 48.0 Å². The van der Waals surface area contributed by atoms with Gasteiger partial charge in [-0.2, -0.15) is 0 Å². The van der Waals surface area contributed by atoms with Crippen molar-refractivity contribution in [1.82, 2.24) is 15.1 Å². The first-order valence-corrected chi connectivity index (χ1v) is 9.24. The highest BCUT2D eigenvalue weighted by atomic mass is 16.2. The molecule has 1 saturated heterocycles. The number of piperidine rings is 1. The summed E-state index contributed by atoms with van der Waals surface area (Å²) in [5.41, 5.74) is 1.06. The molecule has 0 atom stereocenters. The lowest BCUT2D eigenvalue weighted by atomic mass is 9.96. The summed E-state index contributed by atoms with van der Waals surface area (Å²) in [5.74, 6) is 0.505. The van der Waals surface area contributed by atoms with Crippen molar-refractivity contribution in [3.63, 3.8) is 0 Å². The van der Waals surface area contributed by atoms with Gasteiger partial charge in [-0.3, -0.25) is 4.79 Å². The molecule has 2 aromatic rings. The Morgan fingerprint density at radius 1 is 1.08 bits per heavy atom. The molecule has 2 aromatic carbocycles. The molecule has 0 aliphatic carbocycles. The summed E-state index contributed by atoms with van der Waals surface area (Å²) >= 11 is 0. The van der Waals surface area contributed by atoms with Gasteiger partial charge in [0.1, 0.15) is 0 Å². The minimum Gasteiger partial charge on any atom is -0.356 e. The minimum absolute atomic E-state index is 0.0631. The van der Waals surface area contributed by atoms with E-state index in [1.54, 1.807) is 19.0 Å². The quantitative estimate of drug-likeness (QED) is 0.919. The number of nitrogens with zero attached hydrogens (tertiary/aromatic N) is 2. The number of hydrogen-bond acceptors (Lipinski definition) is 2. The van der Waals surface area contributed by atoms with Gasteiger partial charge in [-0.15, -0.1) is 0 Å². The maximum Gasteiger partial charge on any atom is 0.319 e. The molecule has 3 rings (SSSR count). The molecule has 0 radical (unpaired) electrons. The summed E-state index contributed by atoms with van der Waals surface area (Å²) < 4.78 is 0. The zero-order valence-electron chi connectivity index (χ0n) is 15.6. The van der Waals surface area contributed by atoms with Crippen LogP contribution < -0.4 is 5.32 Å². The fourth-order valence-corrected chi connectivity index (χ4v) is 3.55. The zero-order chi connectivity index (χ0) is 18.5. The van der Waals surface area contributed by atoms with Gasteiger partial charge >= 0.3 is 6.03 Å². The number of benzene rings is 2. The minimum atomic E-state index is 0.0631. The van der Waals surface area contributed by atoms with E-state index < -0.39 is 0 Å². The Labute approximate surface area is 155 Å². The van der Waals surface area contributed by atoms with E-state index in [1.165, 1.54) is 0 Å². The summed E-state index contributed by atoms with van der Waals surface area (Å²) in [7, 11) is 3.56. The fourth-order valence-electron chi connectivity index (χ4n) is 3.55. The van der Waals surface area contributed by atoms with Crippen LogP contribution in [-0.2, 0) is 11.2 Å². The molecule has 0 aromatic heterocycles. The number of amides is 3. The normalized spacial score (nSPS) is 15.1. The van der Waals surface area contributed by atoms with Crippen LogP contribution in [0, 0.1) is 5.92 Å². The van der Waals surface area contributed by atoms with Crippen LogP contribution in [0.3, 0.4) is 0 Å². The number of carbonyl (C=O) groups excluding carboxylic acids is 2. The monoisotopic (exact) mass is 353 g/mol. The molecule has 1 fully saturated rings. The van der Waals surface area contributed by atoms with Crippen LogP contribution in [0.2, 0.25) is 0 Å². The van der Waals surface area contributed by atoms with E-state index in [-0.39, 0.29) is 11.9 Å². The van der Waals surface area contributed by atoms with Gasteiger partial charge in [-0.05, 0) is 35.1 Å². The van der Waals surface area contributed by atoms with Crippen molar-refractivity contribution in [1.29, 1.82) is 0 Å². The maximum absolute atomic E-state index is 12.4. The molecule has 138 valence electrons. The number of urea groups is 1. The van der Waals surface area contributed by atoms with Gasteiger partial charge < -0.3 is 15.1 Å². The van der Waals surface area contributed by atoms with Crippen molar-refractivity contribution in [2.75, 3.05) is 33.7 Å². The first-order valence-electron chi connectivity index (χ1n) is 9.24. The lowest BCUT2D eigenvalue weighted by Crippen LogP contribution is -2.45. The van der Waals surface area contributed by atoms with Crippen molar-refractivity contribution < 1.29 is 9.59 Å². The molecule has 1 heterocycles. The number of carbonyl (C=O) groups is 2. The first-order chi connectivity index (χ1) is 12.5. The Morgan fingerprint density at radius 3 is 2.50 bits per heavy atom. The summed E-state index contributed by atoms with van der Waals surface area (Å²) in [6, 6.07) is 14.3. The SMILES string of the molecule is CN(C)C(=O)N1CCC(CNC(=O)Cc2cccc3ccccc23)CC1. The third-order valence-electron chi connectivity index (χ3n) is 5.09. The van der Waals surface area contributed by atoms with Crippen LogP contribution in [0.1, 0.15) is 18.4 Å². The molecule has 1 N–H and O–H groups in total. The van der Waals surface area contributed by atoms with Crippen LogP contribution in [-0.4, -0.2) is 55.5 Å². The van der Waals surface area contributed by atoms with Crippen LogP contribution in [0.4, 0.5) is 4.79 Å².